The molecule has 0 bridgehead atoms. The lowest BCUT2D eigenvalue weighted by atomic mass is 10.0. The Morgan fingerprint density at radius 1 is 1.18 bits per heavy atom. The van der Waals surface area contributed by atoms with Crippen LogP contribution in [-0.4, -0.2) is 70.0 Å². The minimum Gasteiger partial charge on any atom is -0.382 e. The maximum Gasteiger partial charge on any atom is 0.191 e. The molecule has 1 fully saturated rings. The van der Waals surface area contributed by atoms with Crippen LogP contribution >= 0.6 is 0 Å². The summed E-state index contributed by atoms with van der Waals surface area (Å²) in [5.74, 6) is 0.606. The standard InChI is InChI=1S/C21H35FN4O2/c1-3-23-21(24-11-5-6-14-27-4-2)25-17-20(26-12-15-28-16-13-26)18-7-9-19(22)10-8-18/h7-10,20H,3-6,11-17H2,1-2H3,(H2,23,24,25). The fourth-order valence-electron chi connectivity index (χ4n) is 3.21. The molecule has 2 rings (SSSR count). The maximum absolute atomic E-state index is 13.4. The summed E-state index contributed by atoms with van der Waals surface area (Å²) >= 11 is 0. The summed E-state index contributed by atoms with van der Waals surface area (Å²) in [4.78, 5) is 7.18. The summed E-state index contributed by atoms with van der Waals surface area (Å²) in [6.07, 6.45) is 2.07. The SMILES string of the molecule is CCNC(=NCC(c1ccc(F)cc1)N1CCOCC1)NCCCCOCC. The van der Waals surface area contributed by atoms with Crippen LogP contribution in [0.25, 0.3) is 0 Å². The van der Waals surface area contributed by atoms with Gasteiger partial charge >= 0.3 is 0 Å². The van der Waals surface area contributed by atoms with Gasteiger partial charge in [-0.05, 0) is 44.4 Å². The van der Waals surface area contributed by atoms with Gasteiger partial charge < -0.3 is 20.1 Å². The smallest absolute Gasteiger partial charge is 0.191 e. The van der Waals surface area contributed by atoms with Gasteiger partial charge in [0, 0.05) is 39.4 Å². The van der Waals surface area contributed by atoms with Crippen LogP contribution in [-0.2, 0) is 9.47 Å². The predicted octanol–water partition coefficient (Wildman–Crippen LogP) is 2.57. The van der Waals surface area contributed by atoms with Gasteiger partial charge in [0.25, 0.3) is 0 Å². The number of rotatable bonds is 11. The normalized spacial score (nSPS) is 16.8. The summed E-state index contributed by atoms with van der Waals surface area (Å²) in [6, 6.07) is 6.87. The van der Waals surface area contributed by atoms with Crippen molar-refractivity contribution in [3.63, 3.8) is 0 Å². The summed E-state index contributed by atoms with van der Waals surface area (Å²) in [5, 5.41) is 6.70. The first kappa shape index (κ1) is 22.6. The van der Waals surface area contributed by atoms with E-state index in [4.69, 9.17) is 14.5 Å². The lowest BCUT2D eigenvalue weighted by Crippen LogP contribution is -2.42. The van der Waals surface area contributed by atoms with Crippen LogP contribution in [0.2, 0.25) is 0 Å². The quantitative estimate of drug-likeness (QED) is 0.343. The van der Waals surface area contributed by atoms with Crippen LogP contribution in [0.1, 0.15) is 38.3 Å². The Balaban J connectivity index is 1.97. The van der Waals surface area contributed by atoms with E-state index in [-0.39, 0.29) is 11.9 Å². The van der Waals surface area contributed by atoms with Crippen LogP contribution in [0.15, 0.2) is 29.3 Å². The highest BCUT2D eigenvalue weighted by atomic mass is 19.1. The van der Waals surface area contributed by atoms with Crippen LogP contribution in [0, 0.1) is 5.82 Å². The molecule has 7 heteroatoms. The van der Waals surface area contributed by atoms with Gasteiger partial charge in [0.1, 0.15) is 5.82 Å². The average molecular weight is 395 g/mol. The van der Waals surface area contributed by atoms with E-state index >= 15 is 0 Å². The van der Waals surface area contributed by atoms with Crippen LogP contribution in [0.4, 0.5) is 4.39 Å². The van der Waals surface area contributed by atoms with Gasteiger partial charge in [0.05, 0.1) is 25.8 Å². The molecule has 6 nitrogen and oxygen atoms in total. The van der Waals surface area contributed by atoms with Crippen molar-refractivity contribution in [2.75, 3.05) is 59.2 Å². The van der Waals surface area contributed by atoms with E-state index in [1.165, 1.54) is 12.1 Å². The van der Waals surface area contributed by atoms with Crippen molar-refractivity contribution in [2.24, 2.45) is 4.99 Å². The minimum absolute atomic E-state index is 0.109. The number of nitrogens with zero attached hydrogens (tertiary/aromatic N) is 2. The van der Waals surface area contributed by atoms with Gasteiger partial charge in [-0.1, -0.05) is 12.1 Å². The van der Waals surface area contributed by atoms with Crippen molar-refractivity contribution in [2.45, 2.75) is 32.7 Å². The van der Waals surface area contributed by atoms with Crippen molar-refractivity contribution >= 4 is 5.96 Å². The highest BCUT2D eigenvalue weighted by molar-refractivity contribution is 5.79. The second kappa shape index (κ2) is 13.5. The van der Waals surface area contributed by atoms with Gasteiger partial charge in [0.15, 0.2) is 5.96 Å². The Morgan fingerprint density at radius 3 is 2.61 bits per heavy atom. The van der Waals surface area contributed by atoms with E-state index in [1.54, 1.807) is 0 Å². The topological polar surface area (TPSA) is 58.1 Å². The van der Waals surface area contributed by atoms with Gasteiger partial charge in [-0.15, -0.1) is 0 Å². The number of hydrogen-bond acceptors (Lipinski definition) is 4. The molecule has 0 amide bonds. The summed E-state index contributed by atoms with van der Waals surface area (Å²) in [5.41, 5.74) is 1.08. The Bertz CT molecular complexity index is 562. The number of hydrogen-bond donors (Lipinski definition) is 2. The number of morpholine rings is 1. The number of ether oxygens (including phenoxy) is 2. The number of nitrogens with one attached hydrogen (secondary N) is 2. The molecule has 1 aliphatic rings. The third-order valence-corrected chi connectivity index (χ3v) is 4.72. The van der Waals surface area contributed by atoms with E-state index in [1.807, 2.05) is 19.1 Å². The molecular weight excluding hydrogens is 359 g/mol. The second-order valence-electron chi connectivity index (χ2n) is 6.77. The number of unbranched alkanes of at least 4 members (excludes halogenated alkanes) is 1. The first-order valence-corrected chi connectivity index (χ1v) is 10.4. The second-order valence-corrected chi connectivity index (χ2v) is 6.77. The molecule has 0 spiro atoms. The fourth-order valence-corrected chi connectivity index (χ4v) is 3.21. The van der Waals surface area contributed by atoms with E-state index in [0.717, 1.165) is 77.0 Å². The molecule has 158 valence electrons. The van der Waals surface area contributed by atoms with Crippen molar-refractivity contribution in [1.82, 2.24) is 15.5 Å². The molecule has 0 aliphatic carbocycles. The molecule has 0 saturated carbocycles. The molecule has 1 aromatic rings. The first-order valence-electron chi connectivity index (χ1n) is 10.4. The molecule has 2 N–H and O–H groups in total. The molecule has 1 aliphatic heterocycles. The number of aliphatic imine (C=N–C) groups is 1. The van der Waals surface area contributed by atoms with E-state index < -0.39 is 0 Å². The molecule has 0 radical (unpaired) electrons. The summed E-state index contributed by atoms with van der Waals surface area (Å²) in [6.45, 7) is 11.1. The van der Waals surface area contributed by atoms with Gasteiger partial charge in [-0.2, -0.15) is 0 Å². The molecule has 1 saturated heterocycles. The largest absolute Gasteiger partial charge is 0.382 e. The monoisotopic (exact) mass is 394 g/mol. The van der Waals surface area contributed by atoms with Gasteiger partial charge in [-0.3, -0.25) is 9.89 Å². The van der Waals surface area contributed by atoms with Crippen LogP contribution in [0.5, 0.6) is 0 Å². The van der Waals surface area contributed by atoms with Crippen molar-refractivity contribution in [3.05, 3.63) is 35.6 Å². The Labute approximate surface area is 168 Å². The molecule has 0 aromatic heterocycles. The number of halogens is 1. The third kappa shape index (κ3) is 8.12. The lowest BCUT2D eigenvalue weighted by molar-refractivity contribution is 0.0179. The minimum atomic E-state index is -0.213. The summed E-state index contributed by atoms with van der Waals surface area (Å²) < 4.78 is 24.2. The molecule has 1 aromatic carbocycles. The zero-order valence-electron chi connectivity index (χ0n) is 17.3. The summed E-state index contributed by atoms with van der Waals surface area (Å²) in [7, 11) is 0. The Morgan fingerprint density at radius 2 is 1.93 bits per heavy atom. The van der Waals surface area contributed by atoms with Crippen LogP contribution in [0.3, 0.4) is 0 Å². The van der Waals surface area contributed by atoms with Crippen molar-refractivity contribution < 1.29 is 13.9 Å². The predicted molar refractivity (Wildman–Crippen MR) is 111 cm³/mol. The van der Waals surface area contributed by atoms with Gasteiger partial charge in [0.2, 0.25) is 0 Å². The van der Waals surface area contributed by atoms with E-state index in [2.05, 4.69) is 22.5 Å². The number of benzene rings is 1. The molecule has 1 atom stereocenters. The van der Waals surface area contributed by atoms with Crippen molar-refractivity contribution in [1.29, 1.82) is 0 Å². The van der Waals surface area contributed by atoms with Gasteiger partial charge in [-0.25, -0.2) is 4.39 Å². The molecule has 1 unspecified atom stereocenters. The highest BCUT2D eigenvalue weighted by Crippen LogP contribution is 2.22. The van der Waals surface area contributed by atoms with E-state index in [0.29, 0.717) is 6.54 Å². The average Bonchev–Trinajstić information content (AvgIpc) is 2.72. The Kier molecular flexibility index (Phi) is 10.9. The zero-order chi connectivity index (χ0) is 20.0. The van der Waals surface area contributed by atoms with Crippen molar-refractivity contribution in [3.8, 4) is 0 Å². The molecular formula is C21H35FN4O2. The number of guanidine groups is 1. The maximum atomic E-state index is 13.4. The van der Waals surface area contributed by atoms with E-state index in [9.17, 15) is 4.39 Å². The molecule has 28 heavy (non-hydrogen) atoms. The van der Waals surface area contributed by atoms with Crippen LogP contribution < -0.4 is 10.6 Å². The Hall–Kier alpha value is -1.70. The first-order chi connectivity index (χ1) is 13.7. The fraction of sp³-hybridized carbons (Fsp3) is 0.667. The highest BCUT2D eigenvalue weighted by Gasteiger charge is 2.22. The zero-order valence-corrected chi connectivity index (χ0v) is 17.3. The lowest BCUT2D eigenvalue weighted by Gasteiger charge is -2.34. The molecule has 1 heterocycles. The third-order valence-electron chi connectivity index (χ3n) is 4.72.